The van der Waals surface area contributed by atoms with E-state index in [4.69, 9.17) is 0 Å². The molecule has 4 unspecified atom stereocenters. The summed E-state index contributed by atoms with van der Waals surface area (Å²) in [5.74, 6) is 3.86. The van der Waals surface area contributed by atoms with Crippen molar-refractivity contribution >= 4 is 15.9 Å². The second kappa shape index (κ2) is 5.20. The number of nitrogens with one attached hydrogen (secondary N) is 1. The SMILES string of the molecule is CCS(=O)(=O)NC1CCN(C(=O)C2C3C4CCC(C4)C23)CC1. The maximum Gasteiger partial charge on any atom is 0.226 e. The smallest absolute Gasteiger partial charge is 0.226 e. The van der Waals surface area contributed by atoms with Crippen LogP contribution in [0.3, 0.4) is 0 Å². The number of piperidine rings is 1. The summed E-state index contributed by atoms with van der Waals surface area (Å²) in [7, 11) is -3.13. The van der Waals surface area contributed by atoms with Gasteiger partial charge in [0, 0.05) is 25.0 Å². The highest BCUT2D eigenvalue weighted by Gasteiger charge is 2.67. The highest BCUT2D eigenvalue weighted by Crippen LogP contribution is 2.69. The quantitative estimate of drug-likeness (QED) is 0.844. The zero-order chi connectivity index (χ0) is 15.5. The molecule has 1 saturated heterocycles. The van der Waals surface area contributed by atoms with E-state index in [0.29, 0.717) is 36.8 Å². The fourth-order valence-electron chi connectivity index (χ4n) is 5.42. The molecule has 0 aromatic rings. The zero-order valence-electron chi connectivity index (χ0n) is 13.2. The van der Waals surface area contributed by atoms with Crippen LogP contribution in [0.4, 0.5) is 0 Å². The lowest BCUT2D eigenvalue weighted by Gasteiger charge is -2.33. The van der Waals surface area contributed by atoms with E-state index >= 15 is 0 Å². The lowest BCUT2D eigenvalue weighted by Crippen LogP contribution is -2.47. The molecule has 0 spiro atoms. The van der Waals surface area contributed by atoms with Crippen molar-refractivity contribution < 1.29 is 13.2 Å². The molecule has 0 radical (unpaired) electrons. The lowest BCUT2D eigenvalue weighted by molar-refractivity contribution is -0.134. The Morgan fingerprint density at radius 3 is 2.23 bits per heavy atom. The maximum atomic E-state index is 12.7. The fraction of sp³-hybridized carbons (Fsp3) is 0.938. The van der Waals surface area contributed by atoms with Crippen molar-refractivity contribution in [3.05, 3.63) is 0 Å². The molecule has 2 bridgehead atoms. The van der Waals surface area contributed by atoms with Crippen LogP contribution >= 0.6 is 0 Å². The van der Waals surface area contributed by atoms with Crippen LogP contribution in [0.15, 0.2) is 0 Å². The van der Waals surface area contributed by atoms with Gasteiger partial charge in [-0.2, -0.15) is 0 Å². The molecule has 22 heavy (non-hydrogen) atoms. The molecule has 4 rings (SSSR count). The van der Waals surface area contributed by atoms with Crippen LogP contribution in [-0.2, 0) is 14.8 Å². The number of carbonyl (C=O) groups is 1. The van der Waals surface area contributed by atoms with Gasteiger partial charge in [-0.05, 0) is 62.7 Å². The molecule has 1 heterocycles. The van der Waals surface area contributed by atoms with Crippen LogP contribution in [0, 0.1) is 29.6 Å². The van der Waals surface area contributed by atoms with Crippen LogP contribution in [-0.4, -0.2) is 44.1 Å². The highest BCUT2D eigenvalue weighted by molar-refractivity contribution is 7.89. The first-order valence-electron chi connectivity index (χ1n) is 8.79. The summed E-state index contributed by atoms with van der Waals surface area (Å²) in [5.41, 5.74) is 0. The maximum absolute atomic E-state index is 12.7. The molecule has 6 heteroatoms. The summed E-state index contributed by atoms with van der Waals surface area (Å²) < 4.78 is 26.0. The van der Waals surface area contributed by atoms with E-state index in [1.165, 1.54) is 19.3 Å². The number of nitrogens with zero attached hydrogens (tertiary/aromatic N) is 1. The van der Waals surface area contributed by atoms with Crippen molar-refractivity contribution in [2.45, 2.75) is 45.1 Å². The molecular weight excluding hydrogens is 300 g/mol. The summed E-state index contributed by atoms with van der Waals surface area (Å²) in [6, 6.07) is 0.00360. The Bertz CT molecular complexity index is 552. The van der Waals surface area contributed by atoms with Crippen molar-refractivity contribution in [3.8, 4) is 0 Å². The van der Waals surface area contributed by atoms with Gasteiger partial charge in [0.2, 0.25) is 15.9 Å². The topological polar surface area (TPSA) is 66.5 Å². The van der Waals surface area contributed by atoms with E-state index in [-0.39, 0.29) is 11.8 Å². The molecule has 3 saturated carbocycles. The summed E-state index contributed by atoms with van der Waals surface area (Å²) in [5, 5.41) is 0. The van der Waals surface area contributed by atoms with Crippen LogP contribution in [0.25, 0.3) is 0 Å². The Morgan fingerprint density at radius 2 is 1.68 bits per heavy atom. The van der Waals surface area contributed by atoms with E-state index in [9.17, 15) is 13.2 Å². The minimum atomic E-state index is -3.13. The van der Waals surface area contributed by atoms with Gasteiger partial charge >= 0.3 is 0 Å². The number of likely N-dealkylation sites (tertiary alicyclic amines) is 1. The van der Waals surface area contributed by atoms with Gasteiger partial charge in [0.1, 0.15) is 0 Å². The van der Waals surface area contributed by atoms with E-state index in [1.54, 1.807) is 6.92 Å². The minimum Gasteiger partial charge on any atom is -0.342 e. The summed E-state index contributed by atoms with van der Waals surface area (Å²) >= 11 is 0. The first kappa shape index (κ1) is 14.9. The van der Waals surface area contributed by atoms with E-state index in [1.807, 2.05) is 4.90 Å². The summed E-state index contributed by atoms with van der Waals surface area (Å²) in [4.78, 5) is 14.7. The molecule has 4 atom stereocenters. The van der Waals surface area contributed by atoms with Gasteiger partial charge in [0.05, 0.1) is 5.75 Å². The largest absolute Gasteiger partial charge is 0.342 e. The van der Waals surface area contributed by atoms with Crippen molar-refractivity contribution in [1.82, 2.24) is 9.62 Å². The number of hydrogen-bond donors (Lipinski definition) is 1. The average Bonchev–Trinajstić information content (AvgIpc) is 2.94. The number of fused-ring (bicyclic) bond motifs is 5. The van der Waals surface area contributed by atoms with E-state index in [0.717, 1.165) is 24.7 Å². The van der Waals surface area contributed by atoms with Crippen LogP contribution in [0.2, 0.25) is 0 Å². The van der Waals surface area contributed by atoms with Crippen LogP contribution in [0.5, 0.6) is 0 Å². The monoisotopic (exact) mass is 326 g/mol. The Balaban J connectivity index is 1.30. The third kappa shape index (κ3) is 2.39. The van der Waals surface area contributed by atoms with Gasteiger partial charge in [-0.15, -0.1) is 0 Å². The summed E-state index contributed by atoms with van der Waals surface area (Å²) in [6.07, 6.45) is 5.56. The molecule has 0 aromatic carbocycles. The number of rotatable bonds is 4. The fourth-order valence-corrected chi connectivity index (χ4v) is 6.33. The number of hydrogen-bond acceptors (Lipinski definition) is 3. The van der Waals surface area contributed by atoms with Gasteiger partial charge in [0.25, 0.3) is 0 Å². The van der Waals surface area contributed by atoms with E-state index in [2.05, 4.69) is 4.72 Å². The van der Waals surface area contributed by atoms with Crippen molar-refractivity contribution in [2.75, 3.05) is 18.8 Å². The zero-order valence-corrected chi connectivity index (χ0v) is 14.0. The second-order valence-corrected chi connectivity index (χ2v) is 9.68. The molecule has 124 valence electrons. The molecule has 0 aromatic heterocycles. The normalized spacial score (nSPS) is 40.8. The average molecular weight is 326 g/mol. The number of amides is 1. The Labute approximate surface area is 132 Å². The molecule has 5 nitrogen and oxygen atoms in total. The third-order valence-electron chi connectivity index (χ3n) is 6.55. The second-order valence-electron chi connectivity index (χ2n) is 7.63. The molecular formula is C16H26N2O3S. The van der Waals surface area contributed by atoms with Crippen molar-refractivity contribution in [1.29, 1.82) is 0 Å². The highest BCUT2D eigenvalue weighted by atomic mass is 32.2. The lowest BCUT2D eigenvalue weighted by atomic mass is 10.00. The van der Waals surface area contributed by atoms with Gasteiger partial charge in [-0.3, -0.25) is 4.79 Å². The number of carbonyl (C=O) groups excluding carboxylic acids is 1. The third-order valence-corrected chi connectivity index (χ3v) is 8.01. The molecule has 3 aliphatic carbocycles. The molecule has 1 aliphatic heterocycles. The van der Waals surface area contributed by atoms with Gasteiger partial charge in [-0.1, -0.05) is 0 Å². The van der Waals surface area contributed by atoms with Crippen molar-refractivity contribution in [2.24, 2.45) is 29.6 Å². The van der Waals surface area contributed by atoms with E-state index < -0.39 is 10.0 Å². The molecule has 1 N–H and O–H groups in total. The standard InChI is InChI=1S/C16H26N2O3S/c1-2-22(20,21)17-12-5-7-18(8-6-12)16(19)15-13-10-3-4-11(9-10)14(13)15/h10-15,17H,2-9H2,1H3. The minimum absolute atomic E-state index is 0.00360. The number of sulfonamides is 1. The Morgan fingerprint density at radius 1 is 1.09 bits per heavy atom. The predicted octanol–water partition coefficient (Wildman–Crippen LogP) is 1.21. The van der Waals surface area contributed by atoms with Gasteiger partial charge < -0.3 is 4.90 Å². The Hall–Kier alpha value is -0.620. The summed E-state index contributed by atoms with van der Waals surface area (Å²) in [6.45, 7) is 3.07. The van der Waals surface area contributed by atoms with Gasteiger partial charge in [-0.25, -0.2) is 13.1 Å². The predicted molar refractivity (Wildman–Crippen MR) is 83.5 cm³/mol. The molecule has 4 fully saturated rings. The van der Waals surface area contributed by atoms with Crippen LogP contribution < -0.4 is 4.72 Å². The van der Waals surface area contributed by atoms with Crippen LogP contribution in [0.1, 0.15) is 39.0 Å². The molecule has 4 aliphatic rings. The van der Waals surface area contributed by atoms with Gasteiger partial charge in [0.15, 0.2) is 0 Å². The Kier molecular flexibility index (Phi) is 3.53. The molecule has 1 amide bonds. The van der Waals surface area contributed by atoms with Crippen molar-refractivity contribution in [3.63, 3.8) is 0 Å². The first-order chi connectivity index (χ1) is 10.5. The first-order valence-corrected chi connectivity index (χ1v) is 10.4.